The molecule has 0 spiro atoms. The molecule has 18 heavy (non-hydrogen) atoms. The second-order valence-electron chi connectivity index (χ2n) is 5.41. The molecule has 0 atom stereocenters. The van der Waals surface area contributed by atoms with Gasteiger partial charge in [-0.2, -0.15) is 0 Å². The number of nitrogens with zero attached hydrogens (tertiary/aromatic N) is 4. The van der Waals surface area contributed by atoms with E-state index < -0.39 is 9.84 Å². The van der Waals surface area contributed by atoms with E-state index in [1.807, 2.05) is 0 Å². The maximum absolute atomic E-state index is 11.0. The van der Waals surface area contributed by atoms with Crippen LogP contribution in [-0.4, -0.2) is 46.2 Å². The fourth-order valence-electron chi connectivity index (χ4n) is 1.34. The van der Waals surface area contributed by atoms with Crippen molar-refractivity contribution < 1.29 is 8.42 Å². The average molecular weight is 275 g/mol. The predicted octanol–water partition coefficient (Wildman–Crippen LogP) is -0.00410. The summed E-state index contributed by atoms with van der Waals surface area (Å²) in [4.78, 5) is 0. The summed E-state index contributed by atoms with van der Waals surface area (Å²) in [6.07, 6.45) is 1.75. The molecule has 0 fully saturated rings. The van der Waals surface area contributed by atoms with Crippen LogP contribution in [0.4, 0.5) is 0 Å². The second kappa shape index (κ2) is 5.75. The Bertz CT molecular complexity index is 475. The molecule has 0 aliphatic rings. The number of hydrogen-bond acceptors (Lipinski definition) is 6. The lowest BCUT2D eigenvalue weighted by molar-refractivity contribution is 0.407. The number of tetrazole rings is 1. The topological polar surface area (TPSA) is 89.8 Å². The van der Waals surface area contributed by atoms with E-state index in [0.29, 0.717) is 19.5 Å². The highest BCUT2D eigenvalue weighted by molar-refractivity contribution is 7.90. The second-order valence-corrected chi connectivity index (χ2v) is 7.66. The van der Waals surface area contributed by atoms with Crippen molar-refractivity contribution in [3.05, 3.63) is 5.82 Å². The fourth-order valence-corrected chi connectivity index (χ4v) is 2.00. The Labute approximate surface area is 108 Å². The minimum Gasteiger partial charge on any atom is -0.305 e. The Morgan fingerprint density at radius 3 is 2.56 bits per heavy atom. The molecule has 0 bridgehead atoms. The monoisotopic (exact) mass is 275 g/mol. The highest BCUT2D eigenvalue weighted by Gasteiger charge is 2.12. The lowest BCUT2D eigenvalue weighted by Crippen LogP contribution is -2.36. The molecule has 1 heterocycles. The number of sulfone groups is 1. The van der Waals surface area contributed by atoms with Crippen molar-refractivity contribution in [2.75, 3.05) is 12.0 Å². The van der Waals surface area contributed by atoms with Crippen LogP contribution < -0.4 is 5.32 Å². The van der Waals surface area contributed by atoms with Crippen LogP contribution in [0.1, 0.15) is 33.0 Å². The summed E-state index contributed by atoms with van der Waals surface area (Å²) in [6.45, 7) is 7.26. The summed E-state index contributed by atoms with van der Waals surface area (Å²) >= 11 is 0. The Kier molecular flexibility index (Phi) is 4.80. The highest BCUT2D eigenvalue weighted by atomic mass is 32.2. The van der Waals surface area contributed by atoms with E-state index in [2.05, 4.69) is 41.6 Å². The van der Waals surface area contributed by atoms with Gasteiger partial charge in [0.15, 0.2) is 5.82 Å². The third kappa shape index (κ3) is 6.06. The van der Waals surface area contributed by atoms with E-state index in [4.69, 9.17) is 0 Å². The molecule has 1 aromatic rings. The molecule has 7 nitrogen and oxygen atoms in total. The van der Waals surface area contributed by atoms with Crippen molar-refractivity contribution in [2.45, 2.75) is 45.8 Å². The smallest absolute Gasteiger partial charge is 0.165 e. The summed E-state index contributed by atoms with van der Waals surface area (Å²) in [6, 6.07) is 0. The number of aromatic nitrogens is 4. The first-order chi connectivity index (χ1) is 8.17. The molecule has 1 aromatic heterocycles. The van der Waals surface area contributed by atoms with Gasteiger partial charge in [0.05, 0.1) is 12.3 Å². The van der Waals surface area contributed by atoms with Gasteiger partial charge >= 0.3 is 0 Å². The van der Waals surface area contributed by atoms with Gasteiger partial charge in [-0.25, -0.2) is 13.1 Å². The van der Waals surface area contributed by atoms with Gasteiger partial charge in [-0.1, -0.05) is 0 Å². The molecule has 0 aliphatic heterocycles. The van der Waals surface area contributed by atoms with Gasteiger partial charge in [-0.3, -0.25) is 0 Å². The van der Waals surface area contributed by atoms with Crippen LogP contribution in [0.5, 0.6) is 0 Å². The maximum atomic E-state index is 11.0. The zero-order chi connectivity index (χ0) is 13.8. The van der Waals surface area contributed by atoms with E-state index in [1.165, 1.54) is 6.26 Å². The quantitative estimate of drug-likeness (QED) is 0.785. The fraction of sp³-hybridized carbons (Fsp3) is 0.900. The SMILES string of the molecule is CC(C)(C)NCc1nnnn1CCCS(C)(=O)=O. The third-order valence-corrected chi connectivity index (χ3v) is 3.30. The van der Waals surface area contributed by atoms with Gasteiger partial charge in [-0.05, 0) is 37.6 Å². The van der Waals surface area contributed by atoms with Crippen LogP contribution in [0.25, 0.3) is 0 Å². The molecule has 0 saturated carbocycles. The van der Waals surface area contributed by atoms with Crippen LogP contribution >= 0.6 is 0 Å². The first-order valence-electron chi connectivity index (χ1n) is 5.85. The molecule has 0 saturated heterocycles. The van der Waals surface area contributed by atoms with Crippen molar-refractivity contribution in [3.63, 3.8) is 0 Å². The molecule has 0 unspecified atom stereocenters. The van der Waals surface area contributed by atoms with E-state index in [0.717, 1.165) is 5.82 Å². The third-order valence-electron chi connectivity index (χ3n) is 2.27. The zero-order valence-electron chi connectivity index (χ0n) is 11.3. The minimum absolute atomic E-state index is 0.0104. The number of nitrogens with one attached hydrogen (secondary N) is 1. The van der Waals surface area contributed by atoms with E-state index in [-0.39, 0.29) is 11.3 Å². The molecule has 0 aliphatic carbocycles. The predicted molar refractivity (Wildman–Crippen MR) is 68.7 cm³/mol. The van der Waals surface area contributed by atoms with Crippen molar-refractivity contribution in [1.82, 2.24) is 25.5 Å². The van der Waals surface area contributed by atoms with Gasteiger partial charge in [-0.15, -0.1) is 5.10 Å². The molecule has 0 aromatic carbocycles. The molecule has 104 valence electrons. The van der Waals surface area contributed by atoms with E-state index in [9.17, 15) is 8.42 Å². The maximum Gasteiger partial charge on any atom is 0.165 e. The van der Waals surface area contributed by atoms with Crippen molar-refractivity contribution in [1.29, 1.82) is 0 Å². The van der Waals surface area contributed by atoms with Gasteiger partial charge in [0.25, 0.3) is 0 Å². The number of hydrogen-bond donors (Lipinski definition) is 1. The van der Waals surface area contributed by atoms with Crippen LogP contribution in [0, 0.1) is 0 Å². The first kappa shape index (κ1) is 15.0. The van der Waals surface area contributed by atoms with Gasteiger partial charge in [0, 0.05) is 18.3 Å². The van der Waals surface area contributed by atoms with Gasteiger partial charge < -0.3 is 5.32 Å². The summed E-state index contributed by atoms with van der Waals surface area (Å²) in [7, 11) is -2.92. The largest absolute Gasteiger partial charge is 0.305 e. The Balaban J connectivity index is 2.50. The van der Waals surface area contributed by atoms with Crippen LogP contribution in [0.3, 0.4) is 0 Å². The molecular weight excluding hydrogens is 254 g/mol. The van der Waals surface area contributed by atoms with Crippen LogP contribution in [0.2, 0.25) is 0 Å². The van der Waals surface area contributed by atoms with Crippen molar-refractivity contribution >= 4 is 9.84 Å². The summed E-state index contributed by atoms with van der Waals surface area (Å²) in [5, 5.41) is 14.7. The molecule has 0 radical (unpaired) electrons. The van der Waals surface area contributed by atoms with E-state index >= 15 is 0 Å². The van der Waals surface area contributed by atoms with Gasteiger partial charge in [0.1, 0.15) is 9.84 Å². The molecule has 1 rings (SSSR count). The average Bonchev–Trinajstić information content (AvgIpc) is 2.59. The summed E-state index contributed by atoms with van der Waals surface area (Å²) in [5.74, 6) is 0.873. The standard InChI is InChI=1S/C10H21N5O2S/c1-10(2,3)11-8-9-12-13-14-15(9)6-5-7-18(4,16)17/h11H,5-8H2,1-4H3. The summed E-state index contributed by atoms with van der Waals surface area (Å²) < 4.78 is 23.7. The van der Waals surface area contributed by atoms with Crippen molar-refractivity contribution in [3.8, 4) is 0 Å². The molecular formula is C10H21N5O2S. The molecule has 0 amide bonds. The van der Waals surface area contributed by atoms with Crippen LogP contribution in [0.15, 0.2) is 0 Å². The highest BCUT2D eigenvalue weighted by Crippen LogP contribution is 2.02. The summed E-state index contributed by atoms with van der Waals surface area (Å²) in [5.41, 5.74) is -0.0104. The minimum atomic E-state index is -2.92. The van der Waals surface area contributed by atoms with E-state index in [1.54, 1.807) is 4.68 Å². The Morgan fingerprint density at radius 2 is 2.00 bits per heavy atom. The van der Waals surface area contributed by atoms with Gasteiger partial charge in [0.2, 0.25) is 0 Å². The zero-order valence-corrected chi connectivity index (χ0v) is 12.2. The first-order valence-corrected chi connectivity index (χ1v) is 7.91. The molecule has 8 heteroatoms. The lowest BCUT2D eigenvalue weighted by Gasteiger charge is -2.19. The van der Waals surface area contributed by atoms with Crippen LogP contribution in [-0.2, 0) is 22.9 Å². The van der Waals surface area contributed by atoms with Crippen molar-refractivity contribution in [2.24, 2.45) is 0 Å². The normalized spacial score (nSPS) is 12.9. The number of aryl methyl sites for hydroxylation is 1. The number of rotatable bonds is 6. The molecule has 1 N–H and O–H groups in total. The Morgan fingerprint density at radius 1 is 1.33 bits per heavy atom. The Hall–Kier alpha value is -1.02. The lowest BCUT2D eigenvalue weighted by atomic mass is 10.1.